The molecule has 1 aliphatic heterocycles. The summed E-state index contributed by atoms with van der Waals surface area (Å²) in [6.07, 6.45) is 0.482. The van der Waals surface area contributed by atoms with Crippen LogP contribution in [0, 0.1) is 0 Å². The number of carbonyl (C=O) groups excluding carboxylic acids is 1. The molecular formula is C8H17N3O3S. The van der Waals surface area contributed by atoms with Crippen LogP contribution in [-0.4, -0.2) is 56.4 Å². The summed E-state index contributed by atoms with van der Waals surface area (Å²) < 4.78 is 22.2. The Morgan fingerprint density at radius 1 is 1.33 bits per heavy atom. The molecule has 0 aromatic rings. The second-order valence-electron chi connectivity index (χ2n) is 3.79. The van der Waals surface area contributed by atoms with Gasteiger partial charge in [-0.15, -0.1) is 0 Å². The minimum Gasteiger partial charge on any atom is -0.368 e. The molecule has 0 spiro atoms. The van der Waals surface area contributed by atoms with Crippen molar-refractivity contribution < 1.29 is 13.2 Å². The molecule has 1 heterocycles. The highest BCUT2D eigenvalue weighted by Crippen LogP contribution is 2.04. The second-order valence-corrected chi connectivity index (χ2v) is 6.09. The van der Waals surface area contributed by atoms with Gasteiger partial charge in [0.05, 0.1) is 17.5 Å². The largest absolute Gasteiger partial charge is 0.368 e. The van der Waals surface area contributed by atoms with E-state index in [4.69, 9.17) is 11.5 Å². The number of rotatable bonds is 4. The Kier molecular flexibility index (Phi) is 4.06. The van der Waals surface area contributed by atoms with Gasteiger partial charge in [-0.3, -0.25) is 4.79 Å². The number of nitrogens with zero attached hydrogens (tertiary/aromatic N) is 1. The summed E-state index contributed by atoms with van der Waals surface area (Å²) in [5, 5.41) is 0. The number of carbonyl (C=O) groups is 1. The molecule has 0 aromatic heterocycles. The van der Waals surface area contributed by atoms with Crippen molar-refractivity contribution in [2.45, 2.75) is 12.5 Å². The van der Waals surface area contributed by atoms with Crippen LogP contribution >= 0.6 is 0 Å². The summed E-state index contributed by atoms with van der Waals surface area (Å²) in [6, 6.07) is -0.636. The number of hydrogen-bond acceptors (Lipinski definition) is 5. The second kappa shape index (κ2) is 4.91. The Labute approximate surface area is 89.5 Å². The number of primary amides is 1. The van der Waals surface area contributed by atoms with Gasteiger partial charge in [-0.05, 0) is 6.42 Å². The molecular weight excluding hydrogens is 218 g/mol. The summed E-state index contributed by atoms with van der Waals surface area (Å²) in [5.41, 5.74) is 10.5. The summed E-state index contributed by atoms with van der Waals surface area (Å²) in [6.45, 7) is 1.67. The van der Waals surface area contributed by atoms with Crippen LogP contribution in [-0.2, 0) is 14.6 Å². The lowest BCUT2D eigenvalue weighted by atomic mass is 10.2. The van der Waals surface area contributed by atoms with Gasteiger partial charge in [-0.25, -0.2) is 8.42 Å². The Morgan fingerprint density at radius 3 is 2.33 bits per heavy atom. The van der Waals surface area contributed by atoms with E-state index in [2.05, 4.69) is 0 Å². The van der Waals surface area contributed by atoms with Crippen LogP contribution in [0.15, 0.2) is 0 Å². The standard InChI is InChI=1S/C8H17N3O3S/c9-7(8(10)12)1-2-11-3-5-15(13,14)6-4-11/h7H,1-6,9H2,(H2,10,12). The molecule has 7 heteroatoms. The van der Waals surface area contributed by atoms with Crippen LogP contribution in [0.1, 0.15) is 6.42 Å². The Bertz CT molecular complexity index is 314. The molecule has 1 amide bonds. The van der Waals surface area contributed by atoms with Gasteiger partial charge >= 0.3 is 0 Å². The molecule has 0 bridgehead atoms. The number of nitrogens with two attached hydrogens (primary N) is 2. The van der Waals surface area contributed by atoms with Crippen molar-refractivity contribution in [2.24, 2.45) is 11.5 Å². The van der Waals surface area contributed by atoms with Crippen molar-refractivity contribution in [3.8, 4) is 0 Å². The Balaban J connectivity index is 2.28. The lowest BCUT2D eigenvalue weighted by Crippen LogP contribution is -2.44. The van der Waals surface area contributed by atoms with Gasteiger partial charge in [0.2, 0.25) is 5.91 Å². The minimum atomic E-state index is -2.84. The molecule has 6 nitrogen and oxygen atoms in total. The summed E-state index contributed by atoms with van der Waals surface area (Å²) in [5.74, 6) is -0.128. The van der Waals surface area contributed by atoms with E-state index in [0.717, 1.165) is 0 Å². The van der Waals surface area contributed by atoms with E-state index in [1.54, 1.807) is 0 Å². The van der Waals surface area contributed by atoms with Crippen molar-refractivity contribution in [1.82, 2.24) is 4.90 Å². The zero-order valence-electron chi connectivity index (χ0n) is 8.55. The smallest absolute Gasteiger partial charge is 0.234 e. The highest BCUT2D eigenvalue weighted by Gasteiger charge is 2.22. The maximum atomic E-state index is 11.1. The number of amides is 1. The van der Waals surface area contributed by atoms with Gasteiger partial charge in [0, 0.05) is 19.6 Å². The molecule has 15 heavy (non-hydrogen) atoms. The van der Waals surface area contributed by atoms with Crippen molar-refractivity contribution in [3.05, 3.63) is 0 Å². The molecule has 0 aliphatic carbocycles. The third kappa shape index (κ3) is 4.15. The molecule has 0 radical (unpaired) electrons. The average Bonchev–Trinajstić information content (AvgIpc) is 2.15. The molecule has 1 unspecified atom stereocenters. The molecule has 88 valence electrons. The summed E-state index contributed by atoms with van der Waals surface area (Å²) >= 11 is 0. The van der Waals surface area contributed by atoms with Crippen molar-refractivity contribution in [1.29, 1.82) is 0 Å². The fraction of sp³-hybridized carbons (Fsp3) is 0.875. The average molecular weight is 235 g/mol. The van der Waals surface area contributed by atoms with Crippen LogP contribution in [0.2, 0.25) is 0 Å². The molecule has 0 aromatic carbocycles. The maximum absolute atomic E-state index is 11.1. The van der Waals surface area contributed by atoms with E-state index in [1.807, 2.05) is 4.90 Å². The van der Waals surface area contributed by atoms with E-state index in [-0.39, 0.29) is 11.5 Å². The molecule has 1 atom stereocenters. The van der Waals surface area contributed by atoms with E-state index in [0.29, 0.717) is 26.1 Å². The predicted octanol–water partition coefficient (Wildman–Crippen LogP) is -2.08. The molecule has 1 aliphatic rings. The minimum absolute atomic E-state index is 0.193. The molecule has 1 rings (SSSR count). The van der Waals surface area contributed by atoms with Gasteiger partial charge in [-0.2, -0.15) is 0 Å². The zero-order chi connectivity index (χ0) is 11.5. The highest BCUT2D eigenvalue weighted by atomic mass is 32.2. The lowest BCUT2D eigenvalue weighted by molar-refractivity contribution is -0.119. The topological polar surface area (TPSA) is 106 Å². The third-order valence-corrected chi connectivity index (χ3v) is 4.17. The first-order chi connectivity index (χ1) is 6.91. The van der Waals surface area contributed by atoms with E-state index in [9.17, 15) is 13.2 Å². The third-order valence-electron chi connectivity index (χ3n) is 2.56. The van der Waals surface area contributed by atoms with Crippen molar-refractivity contribution in [3.63, 3.8) is 0 Å². The number of hydrogen-bond donors (Lipinski definition) is 2. The number of sulfone groups is 1. The predicted molar refractivity (Wildman–Crippen MR) is 56.9 cm³/mol. The first-order valence-electron chi connectivity index (χ1n) is 4.88. The van der Waals surface area contributed by atoms with Gasteiger partial charge in [0.25, 0.3) is 0 Å². The van der Waals surface area contributed by atoms with Gasteiger partial charge in [0.15, 0.2) is 9.84 Å². The SMILES string of the molecule is NC(=O)C(N)CCN1CCS(=O)(=O)CC1. The normalized spacial score (nSPS) is 23.5. The van der Waals surface area contributed by atoms with E-state index < -0.39 is 21.8 Å². The van der Waals surface area contributed by atoms with Crippen LogP contribution in [0.4, 0.5) is 0 Å². The monoisotopic (exact) mass is 235 g/mol. The summed E-state index contributed by atoms with van der Waals surface area (Å²) in [7, 11) is -2.84. The lowest BCUT2D eigenvalue weighted by Gasteiger charge is -2.26. The van der Waals surface area contributed by atoms with Gasteiger partial charge < -0.3 is 16.4 Å². The molecule has 0 saturated carbocycles. The highest BCUT2D eigenvalue weighted by molar-refractivity contribution is 7.91. The Hall–Kier alpha value is -0.660. The van der Waals surface area contributed by atoms with E-state index in [1.165, 1.54) is 0 Å². The summed E-state index contributed by atoms with van der Waals surface area (Å²) in [4.78, 5) is 12.6. The fourth-order valence-corrected chi connectivity index (χ4v) is 2.71. The van der Waals surface area contributed by atoms with Gasteiger partial charge in [0.1, 0.15) is 0 Å². The van der Waals surface area contributed by atoms with Crippen LogP contribution in [0.5, 0.6) is 0 Å². The maximum Gasteiger partial charge on any atom is 0.234 e. The molecule has 1 fully saturated rings. The quantitative estimate of drug-likeness (QED) is 0.581. The zero-order valence-corrected chi connectivity index (χ0v) is 9.37. The van der Waals surface area contributed by atoms with Crippen molar-refractivity contribution >= 4 is 15.7 Å². The van der Waals surface area contributed by atoms with Crippen LogP contribution in [0.3, 0.4) is 0 Å². The Morgan fingerprint density at radius 2 is 1.87 bits per heavy atom. The van der Waals surface area contributed by atoms with Gasteiger partial charge in [-0.1, -0.05) is 0 Å². The fourth-order valence-electron chi connectivity index (χ4n) is 1.44. The van der Waals surface area contributed by atoms with Crippen LogP contribution in [0.25, 0.3) is 0 Å². The first kappa shape index (κ1) is 12.4. The van der Waals surface area contributed by atoms with Crippen LogP contribution < -0.4 is 11.5 Å². The molecule has 4 N–H and O–H groups in total. The van der Waals surface area contributed by atoms with E-state index >= 15 is 0 Å². The first-order valence-corrected chi connectivity index (χ1v) is 6.70. The molecule has 1 saturated heterocycles. The van der Waals surface area contributed by atoms with Crippen molar-refractivity contribution in [2.75, 3.05) is 31.1 Å².